The lowest BCUT2D eigenvalue weighted by atomic mass is 10.0. The smallest absolute Gasteiger partial charge is 0.429 e. The molecule has 6 heteroatoms. The number of halogens is 4. The molecule has 2 aromatic rings. The average Bonchev–Trinajstić information content (AvgIpc) is 2.46. The van der Waals surface area contributed by atoms with Crippen LogP contribution >= 0.6 is 11.6 Å². The first-order valence-electron chi connectivity index (χ1n) is 6.99. The Morgan fingerprint density at radius 1 is 1.26 bits per heavy atom. The number of aromatic nitrogens is 1. The molecule has 3 rings (SSSR count). The van der Waals surface area contributed by atoms with Crippen LogP contribution in [-0.4, -0.2) is 17.3 Å². The van der Waals surface area contributed by atoms with E-state index in [1.54, 1.807) is 12.1 Å². The van der Waals surface area contributed by atoms with Crippen molar-refractivity contribution in [1.82, 2.24) is 4.98 Å². The van der Waals surface area contributed by atoms with E-state index in [0.717, 1.165) is 17.5 Å². The van der Waals surface area contributed by atoms with Crippen molar-refractivity contribution in [2.24, 2.45) is 0 Å². The van der Waals surface area contributed by atoms with E-state index in [4.69, 9.17) is 16.3 Å². The summed E-state index contributed by atoms with van der Waals surface area (Å²) in [4.78, 5) is 4.38. The number of aryl methyl sites for hydroxylation is 1. The highest BCUT2D eigenvalue weighted by Gasteiger charge is 2.41. The molecule has 0 bridgehead atoms. The van der Waals surface area contributed by atoms with E-state index >= 15 is 0 Å². The second-order valence-corrected chi connectivity index (χ2v) is 5.77. The number of nitrogens with zero attached hydrogens (tertiary/aromatic N) is 1. The second kappa shape index (κ2) is 5.89. The maximum atomic E-state index is 12.8. The minimum atomic E-state index is -4.44. The van der Waals surface area contributed by atoms with Crippen LogP contribution in [0.3, 0.4) is 0 Å². The zero-order valence-electron chi connectivity index (χ0n) is 12.2. The topological polar surface area (TPSA) is 22.1 Å². The number of rotatable bonds is 2. The van der Waals surface area contributed by atoms with E-state index in [9.17, 15) is 13.2 Å². The maximum Gasteiger partial charge on any atom is 0.429 e. The number of fused-ring (bicyclic) bond motifs is 1. The van der Waals surface area contributed by atoms with Gasteiger partial charge < -0.3 is 4.74 Å². The lowest BCUT2D eigenvalue weighted by molar-refractivity contribution is -0.180. The Balaban J connectivity index is 1.91. The third-order valence-electron chi connectivity index (χ3n) is 3.52. The highest BCUT2D eigenvalue weighted by molar-refractivity contribution is 6.31. The molecule has 0 saturated carbocycles. The molecule has 0 amide bonds. The van der Waals surface area contributed by atoms with Crippen LogP contribution in [0.1, 0.15) is 22.5 Å². The summed E-state index contributed by atoms with van der Waals surface area (Å²) in [5, 5.41) is 0.478. The molecule has 1 aliphatic rings. The first kappa shape index (κ1) is 15.9. The molecule has 1 aromatic carbocycles. The van der Waals surface area contributed by atoms with Crippen molar-refractivity contribution in [2.45, 2.75) is 25.6 Å². The number of alkyl halides is 3. The van der Waals surface area contributed by atoms with E-state index in [0.29, 0.717) is 22.6 Å². The summed E-state index contributed by atoms with van der Waals surface area (Å²) < 4.78 is 43.4. The SMILES string of the molecule is Cc1cccc(Cc2cc3c(cc2Cl)C=CC(C(F)(F)F)O3)n1. The predicted molar refractivity (Wildman–Crippen MR) is 82.7 cm³/mol. The standard InChI is InChI=1S/C17H13ClF3NO/c1-10-3-2-4-13(22-10)7-12-9-15-11(8-14(12)18)5-6-16(23-15)17(19,20)21/h2-6,8-9,16H,7H2,1H3. The molecular weight excluding hydrogens is 327 g/mol. The van der Waals surface area contributed by atoms with Crippen molar-refractivity contribution >= 4 is 17.7 Å². The molecule has 1 unspecified atom stereocenters. The van der Waals surface area contributed by atoms with Gasteiger partial charge in [0.15, 0.2) is 0 Å². The number of pyridine rings is 1. The van der Waals surface area contributed by atoms with Gasteiger partial charge in [0, 0.05) is 28.4 Å². The average molecular weight is 340 g/mol. The maximum absolute atomic E-state index is 12.8. The fourth-order valence-corrected chi connectivity index (χ4v) is 2.65. The van der Waals surface area contributed by atoms with Gasteiger partial charge in [-0.1, -0.05) is 23.7 Å². The lowest BCUT2D eigenvalue weighted by Crippen LogP contribution is -2.33. The molecule has 0 radical (unpaired) electrons. The largest absolute Gasteiger partial charge is 0.476 e. The van der Waals surface area contributed by atoms with Crippen molar-refractivity contribution < 1.29 is 17.9 Å². The van der Waals surface area contributed by atoms with Gasteiger partial charge >= 0.3 is 6.18 Å². The van der Waals surface area contributed by atoms with Crippen molar-refractivity contribution in [3.05, 3.63) is 63.9 Å². The molecule has 2 nitrogen and oxygen atoms in total. The Bertz CT molecular complexity index is 771. The van der Waals surface area contributed by atoms with Gasteiger partial charge in [0.05, 0.1) is 0 Å². The highest BCUT2D eigenvalue weighted by Crippen LogP contribution is 2.36. The molecule has 0 N–H and O–H groups in total. The van der Waals surface area contributed by atoms with Crippen LogP contribution < -0.4 is 4.74 Å². The second-order valence-electron chi connectivity index (χ2n) is 5.37. The Hall–Kier alpha value is -2.01. The molecule has 120 valence electrons. The summed E-state index contributed by atoms with van der Waals surface area (Å²) in [5.41, 5.74) is 2.88. The van der Waals surface area contributed by atoms with E-state index in [1.165, 1.54) is 6.08 Å². The third-order valence-corrected chi connectivity index (χ3v) is 3.88. The van der Waals surface area contributed by atoms with E-state index in [-0.39, 0.29) is 5.75 Å². The van der Waals surface area contributed by atoms with Gasteiger partial charge in [0.1, 0.15) is 5.75 Å². The van der Waals surface area contributed by atoms with Crippen LogP contribution in [0.15, 0.2) is 36.4 Å². The Kier molecular flexibility index (Phi) is 4.06. The Morgan fingerprint density at radius 3 is 2.74 bits per heavy atom. The minimum Gasteiger partial charge on any atom is -0.476 e. The summed E-state index contributed by atoms with van der Waals surface area (Å²) in [7, 11) is 0. The van der Waals surface area contributed by atoms with Gasteiger partial charge in [-0.15, -0.1) is 0 Å². The number of hydrogen-bond donors (Lipinski definition) is 0. The van der Waals surface area contributed by atoms with Crippen LogP contribution in [0.5, 0.6) is 5.75 Å². The quantitative estimate of drug-likeness (QED) is 0.770. The summed E-state index contributed by atoms with van der Waals surface area (Å²) in [6.45, 7) is 1.87. The van der Waals surface area contributed by atoms with Crippen LogP contribution in [0.2, 0.25) is 5.02 Å². The van der Waals surface area contributed by atoms with E-state index in [2.05, 4.69) is 4.98 Å². The highest BCUT2D eigenvalue weighted by atomic mass is 35.5. The first-order valence-corrected chi connectivity index (χ1v) is 7.37. The molecule has 0 saturated heterocycles. The van der Waals surface area contributed by atoms with Crippen LogP contribution in [0, 0.1) is 6.92 Å². The first-order chi connectivity index (χ1) is 10.8. The van der Waals surface area contributed by atoms with Crippen LogP contribution in [-0.2, 0) is 6.42 Å². The lowest BCUT2D eigenvalue weighted by Gasteiger charge is -2.24. The van der Waals surface area contributed by atoms with Gasteiger partial charge in [-0.3, -0.25) is 4.98 Å². The number of hydrogen-bond acceptors (Lipinski definition) is 2. The van der Waals surface area contributed by atoms with Crippen LogP contribution in [0.4, 0.5) is 13.2 Å². The molecule has 1 aliphatic heterocycles. The monoisotopic (exact) mass is 339 g/mol. The summed E-state index contributed by atoms with van der Waals surface area (Å²) in [5.74, 6) is 0.182. The van der Waals surface area contributed by atoms with Gasteiger partial charge in [-0.2, -0.15) is 13.2 Å². The van der Waals surface area contributed by atoms with E-state index < -0.39 is 12.3 Å². The Morgan fingerprint density at radius 2 is 2.04 bits per heavy atom. The number of benzene rings is 1. The third kappa shape index (κ3) is 3.50. The van der Waals surface area contributed by atoms with Gasteiger partial charge in [-0.05, 0) is 42.8 Å². The summed E-state index contributed by atoms with van der Waals surface area (Å²) in [6.07, 6.45) is -3.57. The summed E-state index contributed by atoms with van der Waals surface area (Å²) >= 11 is 6.24. The number of ether oxygens (including phenoxy) is 1. The Labute approximate surface area is 136 Å². The molecule has 1 atom stereocenters. The van der Waals surface area contributed by atoms with Crippen molar-refractivity contribution in [3.8, 4) is 5.75 Å². The predicted octanol–water partition coefficient (Wildman–Crippen LogP) is 4.97. The molecular formula is C17H13ClF3NO. The molecule has 0 aliphatic carbocycles. The summed E-state index contributed by atoms with van der Waals surface area (Å²) in [6, 6.07) is 8.78. The van der Waals surface area contributed by atoms with Gasteiger partial charge in [0.2, 0.25) is 6.10 Å². The van der Waals surface area contributed by atoms with Crippen molar-refractivity contribution in [1.29, 1.82) is 0 Å². The zero-order chi connectivity index (χ0) is 16.6. The van der Waals surface area contributed by atoms with Gasteiger partial charge in [0.25, 0.3) is 0 Å². The van der Waals surface area contributed by atoms with Crippen molar-refractivity contribution in [2.75, 3.05) is 0 Å². The normalized spacial score (nSPS) is 16.8. The van der Waals surface area contributed by atoms with Gasteiger partial charge in [-0.25, -0.2) is 0 Å². The zero-order valence-corrected chi connectivity index (χ0v) is 12.9. The molecule has 1 aromatic heterocycles. The van der Waals surface area contributed by atoms with E-state index in [1.807, 2.05) is 25.1 Å². The minimum absolute atomic E-state index is 0.182. The molecule has 0 spiro atoms. The fraction of sp³-hybridized carbons (Fsp3) is 0.235. The molecule has 0 fully saturated rings. The molecule has 23 heavy (non-hydrogen) atoms. The van der Waals surface area contributed by atoms with Crippen molar-refractivity contribution in [3.63, 3.8) is 0 Å². The molecule has 2 heterocycles. The van der Waals surface area contributed by atoms with Crippen LogP contribution in [0.25, 0.3) is 6.08 Å². The fourth-order valence-electron chi connectivity index (χ4n) is 2.41.